The van der Waals surface area contributed by atoms with Crippen LogP contribution in [-0.2, 0) is 16.1 Å². The molecule has 0 aliphatic carbocycles. The maximum absolute atomic E-state index is 11.4. The van der Waals surface area contributed by atoms with Crippen molar-refractivity contribution in [2.75, 3.05) is 19.7 Å². The Balaban J connectivity index is 2.50. The molecule has 1 aromatic heterocycles. The fourth-order valence-corrected chi connectivity index (χ4v) is 1.51. The largest absolute Gasteiger partial charge is 0.465 e. The quantitative estimate of drug-likeness (QED) is 0.667. The average Bonchev–Trinajstić information content (AvgIpc) is 2.64. The highest BCUT2D eigenvalue weighted by Gasteiger charge is 2.14. The smallest absolute Gasteiger partial charge is 0.320 e. The molecule has 0 aliphatic rings. The van der Waals surface area contributed by atoms with E-state index in [1.165, 1.54) is 0 Å². The summed E-state index contributed by atoms with van der Waals surface area (Å²) in [7, 11) is 0. The van der Waals surface area contributed by atoms with Crippen molar-refractivity contribution in [2.24, 2.45) is 0 Å². The maximum Gasteiger partial charge on any atom is 0.320 e. The maximum atomic E-state index is 11.4. The van der Waals surface area contributed by atoms with Crippen molar-refractivity contribution >= 4 is 5.97 Å². The Hall–Kier alpha value is -1.43. The molecule has 6 nitrogen and oxygen atoms in total. The summed E-state index contributed by atoms with van der Waals surface area (Å²) in [5.41, 5.74) is 0. The van der Waals surface area contributed by atoms with Gasteiger partial charge >= 0.3 is 5.97 Å². The summed E-state index contributed by atoms with van der Waals surface area (Å²) >= 11 is 0. The topological polar surface area (TPSA) is 68.5 Å². The van der Waals surface area contributed by atoms with Gasteiger partial charge < -0.3 is 9.26 Å². The Morgan fingerprint density at radius 3 is 2.76 bits per heavy atom. The first-order valence-electron chi connectivity index (χ1n) is 5.82. The first-order chi connectivity index (χ1) is 8.15. The molecule has 0 spiro atoms. The van der Waals surface area contributed by atoms with Crippen LogP contribution in [0.1, 0.15) is 32.0 Å². The number of esters is 1. The number of nitrogens with zero attached hydrogens (tertiary/aromatic N) is 3. The Labute approximate surface area is 101 Å². The summed E-state index contributed by atoms with van der Waals surface area (Å²) in [5.74, 6) is 0.907. The van der Waals surface area contributed by atoms with Crippen LogP contribution >= 0.6 is 0 Å². The molecule has 1 rings (SSSR count). The highest BCUT2D eigenvalue weighted by atomic mass is 16.5. The summed E-state index contributed by atoms with van der Waals surface area (Å²) in [6.45, 7) is 7.54. The minimum Gasteiger partial charge on any atom is -0.465 e. The van der Waals surface area contributed by atoms with Gasteiger partial charge in [-0.05, 0) is 26.8 Å². The van der Waals surface area contributed by atoms with Crippen LogP contribution in [0.2, 0.25) is 0 Å². The summed E-state index contributed by atoms with van der Waals surface area (Å²) in [5, 5.41) is 3.72. The van der Waals surface area contributed by atoms with E-state index in [4.69, 9.17) is 9.26 Å². The Morgan fingerprint density at radius 2 is 2.24 bits per heavy atom. The molecule has 1 aromatic rings. The number of hydrogen-bond donors (Lipinski definition) is 0. The zero-order chi connectivity index (χ0) is 12.7. The zero-order valence-electron chi connectivity index (χ0n) is 10.6. The second kappa shape index (κ2) is 7.01. The van der Waals surface area contributed by atoms with Crippen molar-refractivity contribution < 1.29 is 14.1 Å². The minimum absolute atomic E-state index is 0.225. The van der Waals surface area contributed by atoms with E-state index in [2.05, 4.69) is 17.1 Å². The van der Waals surface area contributed by atoms with Crippen LogP contribution in [0, 0.1) is 6.92 Å². The molecule has 1 heterocycles. The zero-order valence-corrected chi connectivity index (χ0v) is 10.6. The lowest BCUT2D eigenvalue weighted by Crippen LogP contribution is -2.31. The minimum atomic E-state index is -0.225. The molecule has 0 unspecified atom stereocenters. The molecule has 17 heavy (non-hydrogen) atoms. The molecule has 0 aromatic carbocycles. The van der Waals surface area contributed by atoms with Gasteiger partial charge in [0.15, 0.2) is 5.82 Å². The molecule has 96 valence electrons. The summed E-state index contributed by atoms with van der Waals surface area (Å²) < 4.78 is 9.94. The molecule has 0 fully saturated rings. The normalized spacial score (nSPS) is 10.8. The standard InChI is InChI=1S/C11H19N3O3/c1-4-6-14(8-11(15)16-5-2)7-10-12-9(3)13-17-10/h4-8H2,1-3H3. The van der Waals surface area contributed by atoms with Crippen LogP contribution in [0.5, 0.6) is 0 Å². The van der Waals surface area contributed by atoms with Crippen LogP contribution in [-0.4, -0.2) is 40.7 Å². The molecular weight excluding hydrogens is 222 g/mol. The van der Waals surface area contributed by atoms with E-state index < -0.39 is 0 Å². The van der Waals surface area contributed by atoms with Gasteiger partial charge in [-0.1, -0.05) is 12.1 Å². The second-order valence-electron chi connectivity index (χ2n) is 3.75. The van der Waals surface area contributed by atoms with Crippen LogP contribution in [0.4, 0.5) is 0 Å². The van der Waals surface area contributed by atoms with Crippen molar-refractivity contribution in [1.82, 2.24) is 15.0 Å². The number of aryl methyl sites for hydroxylation is 1. The fourth-order valence-electron chi connectivity index (χ4n) is 1.51. The predicted molar refractivity (Wildman–Crippen MR) is 61.2 cm³/mol. The number of carbonyl (C=O) groups is 1. The highest BCUT2D eigenvalue weighted by molar-refractivity contribution is 5.71. The van der Waals surface area contributed by atoms with E-state index in [1.807, 2.05) is 4.90 Å². The van der Waals surface area contributed by atoms with Crippen LogP contribution < -0.4 is 0 Å². The van der Waals surface area contributed by atoms with Gasteiger partial charge in [0.05, 0.1) is 19.7 Å². The first-order valence-corrected chi connectivity index (χ1v) is 5.82. The van der Waals surface area contributed by atoms with Gasteiger partial charge in [0.1, 0.15) is 0 Å². The third-order valence-electron chi connectivity index (χ3n) is 2.13. The van der Waals surface area contributed by atoms with Crippen molar-refractivity contribution in [3.05, 3.63) is 11.7 Å². The third kappa shape index (κ3) is 4.95. The van der Waals surface area contributed by atoms with E-state index >= 15 is 0 Å². The fraction of sp³-hybridized carbons (Fsp3) is 0.727. The number of ether oxygens (including phenoxy) is 1. The second-order valence-corrected chi connectivity index (χ2v) is 3.75. The monoisotopic (exact) mass is 241 g/mol. The molecular formula is C11H19N3O3. The van der Waals surface area contributed by atoms with E-state index in [9.17, 15) is 4.79 Å². The summed E-state index contributed by atoms with van der Waals surface area (Å²) in [4.78, 5) is 17.4. The number of rotatable bonds is 7. The predicted octanol–water partition coefficient (Wildman–Crippen LogP) is 1.15. The van der Waals surface area contributed by atoms with Gasteiger partial charge in [-0.25, -0.2) is 0 Å². The molecule has 0 radical (unpaired) electrons. The molecule has 0 bridgehead atoms. The Kier molecular flexibility index (Phi) is 5.62. The molecule has 0 saturated heterocycles. The molecule has 0 N–H and O–H groups in total. The Morgan fingerprint density at radius 1 is 1.47 bits per heavy atom. The van der Waals surface area contributed by atoms with Crippen molar-refractivity contribution in [1.29, 1.82) is 0 Å². The molecule has 0 saturated carbocycles. The number of carbonyl (C=O) groups excluding carboxylic acids is 1. The van der Waals surface area contributed by atoms with E-state index in [0.29, 0.717) is 24.9 Å². The lowest BCUT2D eigenvalue weighted by atomic mass is 10.4. The van der Waals surface area contributed by atoms with Crippen molar-refractivity contribution in [3.8, 4) is 0 Å². The van der Waals surface area contributed by atoms with Gasteiger partial charge in [0, 0.05) is 0 Å². The summed E-state index contributed by atoms with van der Waals surface area (Å²) in [6, 6.07) is 0. The molecule has 0 amide bonds. The summed E-state index contributed by atoms with van der Waals surface area (Å²) in [6.07, 6.45) is 0.951. The van der Waals surface area contributed by atoms with Gasteiger partial charge in [0.2, 0.25) is 5.89 Å². The van der Waals surface area contributed by atoms with Crippen LogP contribution in [0.15, 0.2) is 4.52 Å². The van der Waals surface area contributed by atoms with Gasteiger partial charge in [-0.2, -0.15) is 4.98 Å². The third-order valence-corrected chi connectivity index (χ3v) is 2.13. The van der Waals surface area contributed by atoms with Gasteiger partial charge in [0.25, 0.3) is 0 Å². The molecule has 0 atom stereocenters. The van der Waals surface area contributed by atoms with E-state index in [1.54, 1.807) is 13.8 Å². The average molecular weight is 241 g/mol. The molecule has 0 aliphatic heterocycles. The lowest BCUT2D eigenvalue weighted by Gasteiger charge is -2.18. The molecule has 6 heteroatoms. The lowest BCUT2D eigenvalue weighted by molar-refractivity contribution is -0.144. The van der Waals surface area contributed by atoms with Gasteiger partial charge in [-0.3, -0.25) is 9.69 Å². The highest BCUT2D eigenvalue weighted by Crippen LogP contribution is 2.03. The number of hydrogen-bond acceptors (Lipinski definition) is 6. The Bertz CT molecular complexity index is 351. The SMILES string of the molecule is CCCN(CC(=O)OCC)Cc1nc(C)no1. The van der Waals surface area contributed by atoms with E-state index in [0.717, 1.165) is 13.0 Å². The van der Waals surface area contributed by atoms with Crippen LogP contribution in [0.3, 0.4) is 0 Å². The van der Waals surface area contributed by atoms with Gasteiger partial charge in [-0.15, -0.1) is 0 Å². The first kappa shape index (κ1) is 13.6. The van der Waals surface area contributed by atoms with E-state index in [-0.39, 0.29) is 12.5 Å². The van der Waals surface area contributed by atoms with Crippen molar-refractivity contribution in [3.63, 3.8) is 0 Å². The van der Waals surface area contributed by atoms with Crippen LogP contribution in [0.25, 0.3) is 0 Å². The number of aromatic nitrogens is 2. The van der Waals surface area contributed by atoms with Crippen molar-refractivity contribution in [2.45, 2.75) is 33.7 Å².